The Kier molecular flexibility index (Phi) is 6.59. The average molecular weight is 463 g/mol. The van der Waals surface area contributed by atoms with Crippen LogP contribution < -0.4 is 23.8 Å². The van der Waals surface area contributed by atoms with Crippen LogP contribution in [0, 0.1) is 0 Å². The van der Waals surface area contributed by atoms with E-state index in [0.29, 0.717) is 29.4 Å². The molecule has 1 N–H and O–H groups in total. The molecule has 0 saturated heterocycles. The molecule has 2 unspecified atom stereocenters. The number of fused-ring (bicyclic) bond motifs is 1. The van der Waals surface area contributed by atoms with Crippen LogP contribution in [-0.4, -0.2) is 46.4 Å². The first-order chi connectivity index (χ1) is 14.9. The Morgan fingerprint density at radius 1 is 1.19 bits per heavy atom. The number of hydrogen-bond donors (Lipinski definition) is 1. The molecule has 1 amide bonds. The zero-order valence-corrected chi connectivity index (χ0v) is 20.0. The molecular weight excluding hydrogens is 432 g/mol. The number of anilines is 1. The first-order valence-corrected chi connectivity index (χ1v) is 12.1. The van der Waals surface area contributed by atoms with E-state index >= 15 is 0 Å². The molecule has 0 bridgehead atoms. The van der Waals surface area contributed by atoms with Gasteiger partial charge in [-0.2, -0.15) is 0 Å². The summed E-state index contributed by atoms with van der Waals surface area (Å²) in [5.41, 5.74) is 0.940. The largest absolute Gasteiger partial charge is 0.497 e. The normalized spacial score (nSPS) is 18.0. The van der Waals surface area contributed by atoms with Crippen molar-refractivity contribution in [3.8, 4) is 17.2 Å². The van der Waals surface area contributed by atoms with Crippen molar-refractivity contribution in [3.63, 3.8) is 0 Å². The SMILES string of the molecule is COc1ccc2c(c1)OC(C)(C)CC2NC(=O)C(C)Oc1ccc(N(C)S(C)(=O)=O)cc1. The molecule has 3 rings (SSSR count). The van der Waals surface area contributed by atoms with Crippen molar-refractivity contribution in [2.75, 3.05) is 24.7 Å². The van der Waals surface area contributed by atoms with Gasteiger partial charge in [0, 0.05) is 25.1 Å². The van der Waals surface area contributed by atoms with E-state index in [1.807, 2.05) is 32.0 Å². The summed E-state index contributed by atoms with van der Waals surface area (Å²) in [6, 6.07) is 11.9. The molecule has 0 radical (unpaired) electrons. The van der Waals surface area contributed by atoms with Gasteiger partial charge in [0.25, 0.3) is 5.91 Å². The molecule has 2 aromatic rings. The molecule has 2 aromatic carbocycles. The Bertz CT molecular complexity index is 1080. The van der Waals surface area contributed by atoms with Crippen molar-refractivity contribution in [2.45, 2.75) is 44.9 Å². The molecule has 0 aliphatic carbocycles. The maximum Gasteiger partial charge on any atom is 0.261 e. The number of nitrogens with zero attached hydrogens (tertiary/aromatic N) is 1. The second-order valence-corrected chi connectivity index (χ2v) is 10.5. The van der Waals surface area contributed by atoms with E-state index in [4.69, 9.17) is 14.2 Å². The van der Waals surface area contributed by atoms with Crippen LogP contribution in [0.4, 0.5) is 5.69 Å². The highest BCUT2D eigenvalue weighted by molar-refractivity contribution is 7.92. The first-order valence-electron chi connectivity index (χ1n) is 10.3. The van der Waals surface area contributed by atoms with Gasteiger partial charge >= 0.3 is 0 Å². The van der Waals surface area contributed by atoms with Crippen molar-refractivity contribution in [1.29, 1.82) is 0 Å². The van der Waals surface area contributed by atoms with Crippen LogP contribution in [0.15, 0.2) is 42.5 Å². The summed E-state index contributed by atoms with van der Waals surface area (Å²) in [5.74, 6) is 1.58. The van der Waals surface area contributed by atoms with Crippen molar-refractivity contribution in [2.24, 2.45) is 0 Å². The van der Waals surface area contributed by atoms with Crippen molar-refractivity contribution >= 4 is 21.6 Å². The van der Waals surface area contributed by atoms with Gasteiger partial charge < -0.3 is 19.5 Å². The van der Waals surface area contributed by atoms with E-state index in [1.165, 1.54) is 11.4 Å². The lowest BCUT2D eigenvalue weighted by molar-refractivity contribution is -0.128. The van der Waals surface area contributed by atoms with Crippen LogP contribution in [-0.2, 0) is 14.8 Å². The smallest absolute Gasteiger partial charge is 0.261 e. The predicted molar refractivity (Wildman–Crippen MR) is 123 cm³/mol. The second-order valence-electron chi connectivity index (χ2n) is 8.52. The number of hydrogen-bond acceptors (Lipinski definition) is 6. The molecule has 0 fully saturated rings. The fourth-order valence-corrected chi connectivity index (χ4v) is 4.07. The molecule has 0 saturated carbocycles. The molecule has 1 aliphatic heterocycles. The number of sulfonamides is 1. The summed E-state index contributed by atoms with van der Waals surface area (Å²) in [7, 11) is -0.277. The fourth-order valence-electron chi connectivity index (χ4n) is 3.56. The molecule has 8 nitrogen and oxygen atoms in total. The number of carbonyl (C=O) groups excluding carboxylic acids is 1. The topological polar surface area (TPSA) is 94.2 Å². The van der Waals surface area contributed by atoms with Crippen molar-refractivity contribution in [1.82, 2.24) is 5.32 Å². The second kappa shape index (κ2) is 8.90. The van der Waals surface area contributed by atoms with Gasteiger partial charge in [-0.1, -0.05) is 0 Å². The number of carbonyl (C=O) groups is 1. The summed E-state index contributed by atoms with van der Waals surface area (Å²) in [5, 5.41) is 3.07. The molecule has 1 heterocycles. The lowest BCUT2D eigenvalue weighted by Crippen LogP contribution is -2.44. The molecule has 32 heavy (non-hydrogen) atoms. The quantitative estimate of drug-likeness (QED) is 0.679. The van der Waals surface area contributed by atoms with Gasteiger partial charge in [0.2, 0.25) is 10.0 Å². The van der Waals surface area contributed by atoms with Gasteiger partial charge in [0.05, 0.1) is 25.1 Å². The van der Waals surface area contributed by atoms with Gasteiger partial charge in [-0.3, -0.25) is 9.10 Å². The maximum absolute atomic E-state index is 12.9. The molecule has 0 spiro atoms. The Morgan fingerprint density at radius 2 is 1.81 bits per heavy atom. The minimum absolute atomic E-state index is 0.232. The summed E-state index contributed by atoms with van der Waals surface area (Å²) >= 11 is 0. The third kappa shape index (κ3) is 5.45. The predicted octanol–water partition coefficient (Wildman–Crippen LogP) is 3.28. The van der Waals surface area contributed by atoms with Crippen LogP contribution in [0.3, 0.4) is 0 Å². The van der Waals surface area contributed by atoms with E-state index in [0.717, 1.165) is 11.8 Å². The fraction of sp³-hybridized carbons (Fsp3) is 0.435. The highest BCUT2D eigenvalue weighted by Gasteiger charge is 2.35. The van der Waals surface area contributed by atoms with Crippen LogP contribution in [0.5, 0.6) is 17.2 Å². The van der Waals surface area contributed by atoms with E-state index in [9.17, 15) is 13.2 Å². The van der Waals surface area contributed by atoms with Gasteiger partial charge in [0.15, 0.2) is 6.10 Å². The molecule has 0 aromatic heterocycles. The molecule has 2 atom stereocenters. The third-order valence-electron chi connectivity index (χ3n) is 5.37. The molecular formula is C23H30N2O6S. The van der Waals surface area contributed by atoms with Gasteiger partial charge in [-0.15, -0.1) is 0 Å². The summed E-state index contributed by atoms with van der Waals surface area (Å²) in [6.45, 7) is 5.62. The minimum atomic E-state index is -3.35. The van der Waals surface area contributed by atoms with Crippen LogP contribution in [0.25, 0.3) is 0 Å². The number of nitrogens with one attached hydrogen (secondary N) is 1. The van der Waals surface area contributed by atoms with E-state index < -0.39 is 21.7 Å². The monoisotopic (exact) mass is 462 g/mol. The van der Waals surface area contributed by atoms with Crippen LogP contribution >= 0.6 is 0 Å². The summed E-state index contributed by atoms with van der Waals surface area (Å²) in [6.07, 6.45) is 0.994. The number of benzene rings is 2. The van der Waals surface area contributed by atoms with Gasteiger partial charge in [-0.25, -0.2) is 8.42 Å². The van der Waals surface area contributed by atoms with Crippen LogP contribution in [0.2, 0.25) is 0 Å². The van der Waals surface area contributed by atoms with E-state index in [2.05, 4.69) is 5.32 Å². The first kappa shape index (κ1) is 23.7. The van der Waals surface area contributed by atoms with Crippen molar-refractivity contribution < 1.29 is 27.4 Å². The number of amides is 1. The van der Waals surface area contributed by atoms with Gasteiger partial charge in [-0.05, 0) is 57.2 Å². The minimum Gasteiger partial charge on any atom is -0.497 e. The maximum atomic E-state index is 12.9. The van der Waals surface area contributed by atoms with E-state index in [1.54, 1.807) is 38.3 Å². The Balaban J connectivity index is 1.69. The third-order valence-corrected chi connectivity index (χ3v) is 6.58. The molecule has 1 aliphatic rings. The number of rotatable bonds is 7. The van der Waals surface area contributed by atoms with E-state index in [-0.39, 0.29) is 11.9 Å². The van der Waals surface area contributed by atoms with Crippen molar-refractivity contribution in [3.05, 3.63) is 48.0 Å². The standard InChI is InChI=1S/C23H30N2O6S/c1-15(30-17-9-7-16(8-10-17)25(4)32(6,27)28)22(26)24-20-14-23(2,3)31-21-13-18(29-5)11-12-19(20)21/h7-13,15,20H,14H2,1-6H3,(H,24,26). The average Bonchev–Trinajstić information content (AvgIpc) is 2.71. The molecule has 9 heteroatoms. The Morgan fingerprint density at radius 3 is 2.41 bits per heavy atom. The Labute approximate surface area is 189 Å². The van der Waals surface area contributed by atoms with Crippen LogP contribution in [0.1, 0.15) is 38.8 Å². The highest BCUT2D eigenvalue weighted by atomic mass is 32.2. The summed E-state index contributed by atoms with van der Waals surface area (Å²) < 4.78 is 41.7. The Hall–Kier alpha value is -2.94. The number of ether oxygens (including phenoxy) is 3. The lowest BCUT2D eigenvalue weighted by Gasteiger charge is -2.38. The number of methoxy groups -OCH3 is 1. The zero-order valence-electron chi connectivity index (χ0n) is 19.2. The highest BCUT2D eigenvalue weighted by Crippen LogP contribution is 2.41. The van der Waals surface area contributed by atoms with Gasteiger partial charge in [0.1, 0.15) is 22.8 Å². The summed E-state index contributed by atoms with van der Waals surface area (Å²) in [4.78, 5) is 12.9. The zero-order chi connectivity index (χ0) is 23.7. The molecule has 174 valence electrons. The lowest BCUT2D eigenvalue weighted by atomic mass is 9.89.